The molecule has 0 bridgehead atoms. The van der Waals surface area contributed by atoms with Crippen LogP contribution in [0.15, 0.2) is 12.5 Å². The van der Waals surface area contributed by atoms with E-state index in [1.807, 2.05) is 6.20 Å². The summed E-state index contributed by atoms with van der Waals surface area (Å²) in [7, 11) is 0. The Balaban J connectivity index is 0.000000980. The lowest BCUT2D eigenvalue weighted by molar-refractivity contribution is 0.452. The lowest BCUT2D eigenvalue weighted by Crippen LogP contribution is -2.29. The Morgan fingerprint density at radius 2 is 2.20 bits per heavy atom. The fraction of sp³-hybridized carbons (Fsp3) is 0.600. The van der Waals surface area contributed by atoms with E-state index in [4.69, 9.17) is 0 Å². The van der Waals surface area contributed by atoms with Crippen molar-refractivity contribution in [2.75, 3.05) is 13.1 Å². The topological polar surface area (TPSA) is 37.8 Å². The van der Waals surface area contributed by atoms with Crippen molar-refractivity contribution in [1.29, 1.82) is 0 Å². The van der Waals surface area contributed by atoms with E-state index >= 15 is 0 Å². The molecule has 1 fully saturated rings. The van der Waals surface area contributed by atoms with Crippen molar-refractivity contribution >= 4 is 24.8 Å². The van der Waals surface area contributed by atoms with Crippen LogP contribution in [0.5, 0.6) is 0 Å². The van der Waals surface area contributed by atoms with Crippen LogP contribution in [-0.2, 0) is 0 Å². The van der Waals surface area contributed by atoms with Crippen LogP contribution in [0.4, 0.5) is 0 Å². The Hall–Kier alpha value is -0.380. The van der Waals surface area contributed by atoms with Crippen molar-refractivity contribution in [1.82, 2.24) is 15.3 Å². The van der Waals surface area contributed by atoms with Crippen molar-refractivity contribution in [3.63, 3.8) is 0 Å². The van der Waals surface area contributed by atoms with E-state index in [0.29, 0.717) is 5.92 Å². The van der Waals surface area contributed by atoms with Crippen LogP contribution < -0.4 is 5.32 Å². The van der Waals surface area contributed by atoms with Crippen LogP contribution in [0.1, 0.15) is 30.0 Å². The summed E-state index contributed by atoms with van der Waals surface area (Å²) in [5.74, 6) is 0.594. The molecule has 2 rings (SSSR count). The Kier molecular flexibility index (Phi) is 6.81. The first kappa shape index (κ1) is 14.6. The Morgan fingerprint density at radius 3 is 2.80 bits per heavy atom. The number of aryl methyl sites for hydroxylation is 1. The maximum atomic E-state index is 4.35. The summed E-state index contributed by atoms with van der Waals surface area (Å²) in [6, 6.07) is 0. The van der Waals surface area contributed by atoms with Gasteiger partial charge in [0.05, 0.1) is 5.69 Å². The minimum atomic E-state index is 0. The zero-order valence-corrected chi connectivity index (χ0v) is 10.4. The van der Waals surface area contributed by atoms with Crippen LogP contribution in [-0.4, -0.2) is 23.1 Å². The van der Waals surface area contributed by atoms with Gasteiger partial charge in [0, 0.05) is 18.7 Å². The van der Waals surface area contributed by atoms with Gasteiger partial charge in [0.25, 0.3) is 0 Å². The number of aromatic nitrogens is 2. The number of nitrogens with zero attached hydrogens (tertiary/aromatic N) is 2. The fourth-order valence-electron chi connectivity index (χ4n) is 1.92. The summed E-state index contributed by atoms with van der Waals surface area (Å²) in [5.41, 5.74) is 2.44. The van der Waals surface area contributed by atoms with E-state index < -0.39 is 0 Å². The summed E-state index contributed by atoms with van der Waals surface area (Å²) in [4.78, 5) is 8.36. The molecule has 15 heavy (non-hydrogen) atoms. The summed E-state index contributed by atoms with van der Waals surface area (Å²) in [6.07, 6.45) is 6.06. The lowest BCUT2D eigenvalue weighted by atomic mass is 9.94. The minimum Gasteiger partial charge on any atom is -0.316 e. The van der Waals surface area contributed by atoms with Crippen molar-refractivity contribution in [3.05, 3.63) is 23.8 Å². The van der Waals surface area contributed by atoms with E-state index in [1.54, 1.807) is 6.33 Å². The van der Waals surface area contributed by atoms with E-state index in [2.05, 4.69) is 22.2 Å². The van der Waals surface area contributed by atoms with Gasteiger partial charge in [-0.2, -0.15) is 0 Å². The molecular formula is C10H17Cl2N3. The van der Waals surface area contributed by atoms with Gasteiger partial charge in [-0.05, 0) is 31.9 Å². The second-order valence-electron chi connectivity index (χ2n) is 3.63. The molecule has 86 valence electrons. The minimum absolute atomic E-state index is 0. The van der Waals surface area contributed by atoms with Gasteiger partial charge < -0.3 is 5.32 Å². The van der Waals surface area contributed by atoms with Gasteiger partial charge in [-0.25, -0.2) is 9.97 Å². The number of nitrogens with one attached hydrogen (secondary N) is 1. The number of hydrogen-bond acceptors (Lipinski definition) is 3. The van der Waals surface area contributed by atoms with Crippen molar-refractivity contribution < 1.29 is 0 Å². The molecule has 1 aliphatic rings. The van der Waals surface area contributed by atoms with Gasteiger partial charge in [0.15, 0.2) is 0 Å². The smallest absolute Gasteiger partial charge is 0.115 e. The van der Waals surface area contributed by atoms with Gasteiger partial charge in [-0.3, -0.25) is 0 Å². The SMILES string of the molecule is Cc1cncnc1C1CCCNC1.Cl.Cl. The summed E-state index contributed by atoms with van der Waals surface area (Å²) in [5, 5.41) is 3.40. The average molecular weight is 250 g/mol. The molecule has 1 saturated heterocycles. The van der Waals surface area contributed by atoms with Crippen molar-refractivity contribution in [2.24, 2.45) is 0 Å². The van der Waals surface area contributed by atoms with Crippen LogP contribution in [0.25, 0.3) is 0 Å². The second kappa shape index (κ2) is 6.99. The molecule has 1 aliphatic heterocycles. The fourth-order valence-corrected chi connectivity index (χ4v) is 1.92. The van der Waals surface area contributed by atoms with Crippen LogP contribution >= 0.6 is 24.8 Å². The Labute approximate surface area is 103 Å². The zero-order valence-electron chi connectivity index (χ0n) is 8.77. The van der Waals surface area contributed by atoms with Crippen LogP contribution in [0.3, 0.4) is 0 Å². The van der Waals surface area contributed by atoms with Crippen LogP contribution in [0, 0.1) is 6.92 Å². The molecule has 1 atom stereocenters. The molecule has 0 radical (unpaired) electrons. The summed E-state index contributed by atoms with van der Waals surface area (Å²) < 4.78 is 0. The maximum absolute atomic E-state index is 4.35. The summed E-state index contributed by atoms with van der Waals surface area (Å²) in [6.45, 7) is 4.31. The molecule has 2 heterocycles. The number of halogens is 2. The molecule has 1 N–H and O–H groups in total. The van der Waals surface area contributed by atoms with E-state index in [-0.39, 0.29) is 24.8 Å². The molecule has 1 aromatic heterocycles. The molecule has 3 nitrogen and oxygen atoms in total. The van der Waals surface area contributed by atoms with Crippen LogP contribution in [0.2, 0.25) is 0 Å². The largest absolute Gasteiger partial charge is 0.316 e. The first-order chi connectivity index (χ1) is 6.38. The van der Waals surface area contributed by atoms with Gasteiger partial charge >= 0.3 is 0 Å². The molecule has 1 aromatic rings. The third-order valence-electron chi connectivity index (χ3n) is 2.62. The predicted octanol–water partition coefficient (Wildman–Crippen LogP) is 2.10. The number of hydrogen-bond donors (Lipinski definition) is 1. The highest BCUT2D eigenvalue weighted by atomic mass is 35.5. The van der Waals surface area contributed by atoms with Gasteiger partial charge in [0.1, 0.15) is 6.33 Å². The maximum Gasteiger partial charge on any atom is 0.115 e. The molecule has 0 saturated carbocycles. The highest BCUT2D eigenvalue weighted by Crippen LogP contribution is 2.22. The molecule has 0 amide bonds. The van der Waals surface area contributed by atoms with Gasteiger partial charge in [-0.15, -0.1) is 24.8 Å². The average Bonchev–Trinajstić information content (AvgIpc) is 2.20. The predicted molar refractivity (Wildman–Crippen MR) is 66.1 cm³/mol. The van der Waals surface area contributed by atoms with E-state index in [9.17, 15) is 0 Å². The summed E-state index contributed by atoms with van der Waals surface area (Å²) >= 11 is 0. The van der Waals surface area contributed by atoms with Gasteiger partial charge in [-0.1, -0.05) is 0 Å². The zero-order chi connectivity index (χ0) is 9.10. The number of rotatable bonds is 1. The highest BCUT2D eigenvalue weighted by molar-refractivity contribution is 5.85. The lowest BCUT2D eigenvalue weighted by Gasteiger charge is -2.23. The molecule has 5 heteroatoms. The first-order valence-corrected chi connectivity index (χ1v) is 4.85. The quantitative estimate of drug-likeness (QED) is 0.829. The standard InChI is InChI=1S/C10H15N3.2ClH/c1-8-5-12-7-13-10(8)9-3-2-4-11-6-9;;/h5,7,9,11H,2-4,6H2,1H3;2*1H. The third-order valence-corrected chi connectivity index (χ3v) is 2.62. The van der Waals surface area contributed by atoms with Crippen molar-refractivity contribution in [3.8, 4) is 0 Å². The molecule has 0 spiro atoms. The normalized spacial score (nSPS) is 19.9. The number of piperidine rings is 1. The van der Waals surface area contributed by atoms with Crippen molar-refractivity contribution in [2.45, 2.75) is 25.7 Å². The van der Waals surface area contributed by atoms with E-state index in [1.165, 1.54) is 24.1 Å². The molecule has 0 aromatic carbocycles. The first-order valence-electron chi connectivity index (χ1n) is 4.85. The van der Waals surface area contributed by atoms with E-state index in [0.717, 1.165) is 13.1 Å². The Bertz CT molecular complexity index is 288. The molecular weight excluding hydrogens is 233 g/mol. The second-order valence-corrected chi connectivity index (χ2v) is 3.63. The molecule has 1 unspecified atom stereocenters. The highest BCUT2D eigenvalue weighted by Gasteiger charge is 2.17. The Morgan fingerprint density at radius 1 is 1.40 bits per heavy atom. The third kappa shape index (κ3) is 3.59. The monoisotopic (exact) mass is 249 g/mol. The molecule has 0 aliphatic carbocycles. The van der Waals surface area contributed by atoms with Gasteiger partial charge in [0.2, 0.25) is 0 Å².